The monoisotopic (exact) mass is 441 g/mol. The largest absolute Gasteiger partial charge is 0.497 e. The first-order valence-corrected chi connectivity index (χ1v) is 11.2. The maximum atomic E-state index is 12.9. The fourth-order valence-electron chi connectivity index (χ4n) is 3.02. The molecular weight excluding hydrogens is 414 g/mol. The highest BCUT2D eigenvalue weighted by molar-refractivity contribution is 8.15. The minimum atomic E-state index is -0.560. The molecular formula is C23H27N3O4S. The van der Waals surface area contributed by atoms with Gasteiger partial charge in [0.25, 0.3) is 0 Å². The number of amidine groups is 1. The quantitative estimate of drug-likeness (QED) is 0.654. The van der Waals surface area contributed by atoms with Gasteiger partial charge in [0.05, 0.1) is 19.4 Å². The second-order valence-electron chi connectivity index (χ2n) is 6.91. The molecule has 1 saturated heterocycles. The van der Waals surface area contributed by atoms with Crippen LogP contribution in [0.15, 0.2) is 53.5 Å². The molecule has 1 N–H and O–H groups in total. The van der Waals surface area contributed by atoms with Crippen LogP contribution in [0.2, 0.25) is 0 Å². The molecule has 7 nitrogen and oxygen atoms in total. The number of methoxy groups -OCH3 is 1. The van der Waals surface area contributed by atoms with E-state index in [1.54, 1.807) is 30.2 Å². The number of hydrogen-bond acceptors (Lipinski definition) is 6. The van der Waals surface area contributed by atoms with Crippen molar-refractivity contribution < 1.29 is 19.1 Å². The Kier molecular flexibility index (Phi) is 7.94. The summed E-state index contributed by atoms with van der Waals surface area (Å²) in [6.45, 7) is 5.07. The lowest BCUT2D eigenvalue weighted by atomic mass is 10.2. The number of nitrogens with zero attached hydrogens (tertiary/aromatic N) is 2. The van der Waals surface area contributed by atoms with Crippen LogP contribution in [-0.2, 0) is 9.59 Å². The van der Waals surface area contributed by atoms with E-state index in [-0.39, 0.29) is 18.2 Å². The Morgan fingerprint density at radius 1 is 1.19 bits per heavy atom. The summed E-state index contributed by atoms with van der Waals surface area (Å²) < 4.78 is 10.8. The molecule has 0 aromatic heterocycles. The Bertz CT molecular complexity index is 946. The summed E-state index contributed by atoms with van der Waals surface area (Å²) in [4.78, 5) is 31.7. The maximum Gasteiger partial charge on any atom is 0.238 e. The van der Waals surface area contributed by atoms with Crippen LogP contribution in [0, 0.1) is 0 Å². The molecule has 1 heterocycles. The molecule has 3 rings (SSSR count). The van der Waals surface area contributed by atoms with Crippen LogP contribution in [0.1, 0.15) is 26.7 Å². The summed E-state index contributed by atoms with van der Waals surface area (Å²) >= 11 is 1.30. The number of carbonyl (C=O) groups is 2. The van der Waals surface area contributed by atoms with Crippen LogP contribution in [0.3, 0.4) is 0 Å². The number of thioether (sulfide) groups is 1. The minimum absolute atomic E-state index is 0.119. The lowest BCUT2D eigenvalue weighted by Crippen LogP contribution is -2.45. The van der Waals surface area contributed by atoms with Gasteiger partial charge in [-0.25, -0.2) is 4.99 Å². The van der Waals surface area contributed by atoms with Crippen molar-refractivity contribution in [2.75, 3.05) is 25.6 Å². The Hall–Kier alpha value is -3.00. The van der Waals surface area contributed by atoms with E-state index in [1.807, 2.05) is 44.2 Å². The molecule has 164 valence electrons. The molecule has 1 aliphatic heterocycles. The number of carbonyl (C=O) groups excluding carboxylic acids is 2. The van der Waals surface area contributed by atoms with Gasteiger partial charge in [0, 0.05) is 24.7 Å². The van der Waals surface area contributed by atoms with Crippen LogP contribution in [0.25, 0.3) is 0 Å². The summed E-state index contributed by atoms with van der Waals surface area (Å²) in [5, 5.41) is 2.84. The maximum absolute atomic E-state index is 12.9. The van der Waals surface area contributed by atoms with E-state index in [9.17, 15) is 9.59 Å². The fourth-order valence-corrected chi connectivity index (χ4v) is 4.18. The number of hydrogen-bond donors (Lipinski definition) is 1. The molecule has 2 aromatic carbocycles. The van der Waals surface area contributed by atoms with E-state index >= 15 is 0 Å². The van der Waals surface area contributed by atoms with Crippen molar-refractivity contribution in [2.24, 2.45) is 4.99 Å². The molecule has 1 unspecified atom stereocenters. The highest BCUT2D eigenvalue weighted by atomic mass is 32.2. The summed E-state index contributed by atoms with van der Waals surface area (Å²) in [6.07, 6.45) is 1.05. The zero-order chi connectivity index (χ0) is 22.2. The van der Waals surface area contributed by atoms with Crippen molar-refractivity contribution in [1.29, 1.82) is 0 Å². The Morgan fingerprint density at radius 3 is 2.65 bits per heavy atom. The zero-order valence-corrected chi connectivity index (χ0v) is 18.8. The number of nitrogens with one attached hydrogen (secondary N) is 1. The second kappa shape index (κ2) is 10.9. The predicted octanol–water partition coefficient (Wildman–Crippen LogP) is 4.46. The van der Waals surface area contributed by atoms with Gasteiger partial charge in [0.15, 0.2) is 5.17 Å². The van der Waals surface area contributed by atoms with E-state index in [4.69, 9.17) is 9.47 Å². The van der Waals surface area contributed by atoms with Gasteiger partial charge in [-0.05, 0) is 49.7 Å². The Balaban J connectivity index is 1.73. The van der Waals surface area contributed by atoms with Gasteiger partial charge in [0.2, 0.25) is 11.8 Å². The topological polar surface area (TPSA) is 80.2 Å². The summed E-state index contributed by atoms with van der Waals surface area (Å²) in [5.41, 5.74) is 1.32. The van der Waals surface area contributed by atoms with Crippen molar-refractivity contribution in [3.63, 3.8) is 0 Å². The first kappa shape index (κ1) is 22.7. The van der Waals surface area contributed by atoms with Crippen LogP contribution in [0.5, 0.6) is 11.5 Å². The van der Waals surface area contributed by atoms with Crippen LogP contribution < -0.4 is 14.8 Å². The highest BCUT2D eigenvalue weighted by Gasteiger charge is 2.35. The standard InChI is InChI=1S/C23H27N3O4S/c1-4-13-30-18-11-9-16(10-12-18)24-22(28)20-15-21(27)26(5-2)23(31-20)25-17-7-6-8-19(14-17)29-3/h6-12,14,20H,4-5,13,15H2,1-3H3,(H,24,28). The first-order valence-electron chi connectivity index (χ1n) is 10.3. The third kappa shape index (κ3) is 6.01. The SMILES string of the molecule is CCCOc1ccc(NC(=O)C2CC(=O)N(CC)C(=Nc3cccc(OC)c3)S2)cc1. The van der Waals surface area contributed by atoms with Crippen molar-refractivity contribution in [2.45, 2.75) is 31.9 Å². The van der Waals surface area contributed by atoms with Gasteiger partial charge < -0.3 is 14.8 Å². The number of aliphatic imine (C=N–C) groups is 1. The molecule has 1 aliphatic rings. The van der Waals surface area contributed by atoms with Gasteiger partial charge in [-0.15, -0.1) is 0 Å². The van der Waals surface area contributed by atoms with Crippen molar-refractivity contribution >= 4 is 40.1 Å². The molecule has 1 fully saturated rings. The van der Waals surface area contributed by atoms with E-state index in [2.05, 4.69) is 10.3 Å². The van der Waals surface area contributed by atoms with E-state index < -0.39 is 5.25 Å². The summed E-state index contributed by atoms with van der Waals surface area (Å²) in [5.74, 6) is 1.09. The second-order valence-corrected chi connectivity index (χ2v) is 8.08. The van der Waals surface area contributed by atoms with Crippen molar-refractivity contribution in [3.8, 4) is 11.5 Å². The molecule has 8 heteroatoms. The van der Waals surface area contributed by atoms with E-state index in [0.29, 0.717) is 35.4 Å². The minimum Gasteiger partial charge on any atom is -0.497 e. The summed E-state index contributed by atoms with van der Waals surface area (Å²) in [6, 6.07) is 14.5. The third-order valence-electron chi connectivity index (χ3n) is 4.62. The average Bonchev–Trinajstić information content (AvgIpc) is 2.78. The Labute approximate surface area is 186 Å². The number of benzene rings is 2. The average molecular weight is 442 g/mol. The van der Waals surface area contributed by atoms with Crippen LogP contribution in [0.4, 0.5) is 11.4 Å². The predicted molar refractivity (Wildman–Crippen MR) is 124 cm³/mol. The molecule has 31 heavy (non-hydrogen) atoms. The summed E-state index contributed by atoms with van der Waals surface area (Å²) in [7, 11) is 1.59. The van der Waals surface area contributed by atoms with Gasteiger partial charge in [-0.3, -0.25) is 14.5 Å². The van der Waals surface area contributed by atoms with Crippen molar-refractivity contribution in [1.82, 2.24) is 4.90 Å². The molecule has 0 aliphatic carbocycles. The molecule has 0 bridgehead atoms. The third-order valence-corrected chi connectivity index (χ3v) is 5.81. The Morgan fingerprint density at radius 2 is 1.97 bits per heavy atom. The molecule has 0 spiro atoms. The fraction of sp³-hybridized carbons (Fsp3) is 0.348. The lowest BCUT2D eigenvalue weighted by Gasteiger charge is -2.30. The van der Waals surface area contributed by atoms with Gasteiger partial charge in [-0.1, -0.05) is 24.8 Å². The number of rotatable bonds is 8. The van der Waals surface area contributed by atoms with Crippen LogP contribution >= 0.6 is 11.8 Å². The van der Waals surface area contributed by atoms with Crippen molar-refractivity contribution in [3.05, 3.63) is 48.5 Å². The highest BCUT2D eigenvalue weighted by Crippen LogP contribution is 2.30. The zero-order valence-electron chi connectivity index (χ0n) is 18.0. The molecule has 0 saturated carbocycles. The first-order chi connectivity index (χ1) is 15.0. The smallest absolute Gasteiger partial charge is 0.238 e. The van der Waals surface area contributed by atoms with Gasteiger partial charge in [0.1, 0.15) is 16.7 Å². The van der Waals surface area contributed by atoms with E-state index in [1.165, 1.54) is 11.8 Å². The number of ether oxygens (including phenoxy) is 2. The number of anilines is 1. The molecule has 0 radical (unpaired) electrons. The molecule has 2 amide bonds. The number of amides is 2. The molecule has 1 atom stereocenters. The van der Waals surface area contributed by atoms with Gasteiger partial charge >= 0.3 is 0 Å². The van der Waals surface area contributed by atoms with Gasteiger partial charge in [-0.2, -0.15) is 0 Å². The van der Waals surface area contributed by atoms with Crippen LogP contribution in [-0.4, -0.2) is 47.4 Å². The molecule has 2 aromatic rings. The van der Waals surface area contributed by atoms with E-state index in [0.717, 1.165) is 12.2 Å². The lowest BCUT2D eigenvalue weighted by molar-refractivity contribution is -0.129. The normalized spacial score (nSPS) is 17.5.